The van der Waals surface area contributed by atoms with Crippen molar-refractivity contribution in [3.63, 3.8) is 0 Å². The van der Waals surface area contributed by atoms with Gasteiger partial charge in [-0.15, -0.1) is 0 Å². The van der Waals surface area contributed by atoms with Crippen molar-refractivity contribution in [1.29, 1.82) is 0 Å². The van der Waals surface area contributed by atoms with Crippen LogP contribution in [0.2, 0.25) is 0 Å². The van der Waals surface area contributed by atoms with Gasteiger partial charge in [-0.1, -0.05) is 51.3 Å². The second-order valence-corrected chi connectivity index (χ2v) is 31.1. The van der Waals surface area contributed by atoms with Crippen molar-refractivity contribution in [3.05, 3.63) is 120 Å². The van der Waals surface area contributed by atoms with Crippen molar-refractivity contribution in [2.75, 3.05) is 53.7 Å². The number of primary sulfonamides is 2. The van der Waals surface area contributed by atoms with Crippen molar-refractivity contribution in [2.24, 2.45) is 16.2 Å². The van der Waals surface area contributed by atoms with Crippen molar-refractivity contribution in [2.45, 2.75) is 49.4 Å². The third-order valence-electron chi connectivity index (χ3n) is 9.40. The maximum absolute atomic E-state index is 11.8. The van der Waals surface area contributed by atoms with E-state index in [9.17, 15) is 21.6 Å². The molecule has 1 aliphatic heterocycles. The number of carbonyl (C=O) groups is 1. The molecule has 7 rings (SSSR count). The second kappa shape index (κ2) is 28.0. The number of hydrogen-bond acceptors (Lipinski definition) is 13. The molecule has 4 aromatic carbocycles. The molecule has 0 aromatic heterocycles. The van der Waals surface area contributed by atoms with E-state index in [2.05, 4.69) is 41.8 Å². The van der Waals surface area contributed by atoms with Gasteiger partial charge >= 0.3 is 43.6 Å². The molecule has 0 bridgehead atoms. The zero-order chi connectivity index (χ0) is 46.9. The van der Waals surface area contributed by atoms with Gasteiger partial charge in [0.2, 0.25) is 31.5 Å². The summed E-state index contributed by atoms with van der Waals surface area (Å²) in [6.45, 7) is 0. The molecular weight excluding hydrogens is 1050 g/mol. The van der Waals surface area contributed by atoms with Gasteiger partial charge in [0, 0.05) is 22.9 Å². The predicted molar refractivity (Wildman–Crippen MR) is 264 cm³/mol. The average Bonchev–Trinajstić information content (AvgIpc) is 4.02. The zero-order valence-electron chi connectivity index (χ0n) is 35.3. The molecule has 0 saturated carbocycles. The summed E-state index contributed by atoms with van der Waals surface area (Å²) in [5.74, 6) is 3.51. The summed E-state index contributed by atoms with van der Waals surface area (Å²) in [7, 11) is 17.0. The number of rotatable bonds is 10. The average molecular weight is 1100 g/mol. The van der Waals surface area contributed by atoms with Crippen molar-refractivity contribution in [1.82, 2.24) is 0 Å². The van der Waals surface area contributed by atoms with Gasteiger partial charge < -0.3 is 39.5 Å². The number of halogens is 3. The maximum atomic E-state index is 11.8. The van der Waals surface area contributed by atoms with E-state index in [1.165, 1.54) is 51.7 Å². The number of fused-ring (bicyclic) bond motifs is 3. The number of methoxy groups -OCH3 is 6. The van der Waals surface area contributed by atoms with Gasteiger partial charge in [-0.25, -0.2) is 27.1 Å². The molecular formula is C44H58Cl3InN4O11S2. The number of allylic oxidation sites excluding steroid dienone is 6. The fraction of sp³-hybridized carbons (Fsp3) is 0.295. The summed E-state index contributed by atoms with van der Waals surface area (Å²) < 4.78 is 76.6. The summed E-state index contributed by atoms with van der Waals surface area (Å²) in [6.07, 6.45) is 15.4. The first kappa shape index (κ1) is 58.7. The molecule has 15 nitrogen and oxygen atoms in total. The van der Waals surface area contributed by atoms with E-state index in [1.54, 1.807) is 45.6 Å². The van der Waals surface area contributed by atoms with Crippen LogP contribution in [0, 0.1) is 5.92 Å². The molecule has 3 atom stereocenters. The minimum absolute atomic E-state index is 0. The Morgan fingerprint density at radius 2 is 1.11 bits per heavy atom. The number of ether oxygens (including phenoxy) is 6. The Morgan fingerprint density at radius 3 is 1.49 bits per heavy atom. The van der Waals surface area contributed by atoms with Crippen LogP contribution >= 0.6 is 25.7 Å². The first-order valence-corrected chi connectivity index (χ1v) is 34.3. The first-order chi connectivity index (χ1) is 29.9. The summed E-state index contributed by atoms with van der Waals surface area (Å²) >= 11 is -2.22. The molecule has 65 heavy (non-hydrogen) atoms. The summed E-state index contributed by atoms with van der Waals surface area (Å²) in [4.78, 5) is 10.8. The van der Waals surface area contributed by atoms with Crippen LogP contribution in [0.15, 0.2) is 113 Å². The van der Waals surface area contributed by atoms with Gasteiger partial charge in [-0.3, -0.25) is 4.79 Å². The number of aldehydes is 1. The molecule has 0 fully saturated rings. The number of nitrogens with one attached hydrogen (secondary N) is 1. The number of nitrogen functional groups attached to an aromatic ring is 1. The van der Waals surface area contributed by atoms with Crippen molar-refractivity contribution in [3.8, 4) is 34.5 Å². The van der Waals surface area contributed by atoms with Gasteiger partial charge in [0.05, 0.1) is 58.5 Å². The number of carbonyl (C=O) groups excluding carboxylic acids is 1. The number of hydrogen-bond donors (Lipinski definition) is 4. The zero-order valence-corrected chi connectivity index (χ0v) is 42.5. The normalized spacial score (nSPS) is 15.7. The quantitative estimate of drug-likeness (QED) is 0.0660. The number of nitrogens with two attached hydrogens (primary N) is 3. The standard InChI is InChI=1S/C21H24N2O5S.C10H12O4.C6H8N2O2S.C5H6.2CH4.3ClH.In/c1-26-18-9-12(10-19(27-2)21(18)28-3)20-15-6-4-5-14(15)16-11-13(29(22,24)25)7-8-17(16)23-20;1-12-8-4-7(6-11)5-9(13-2)10(8)14-3;7-5-1-3-6(4-2-5)11(8,9)10;1-2-4-5-3-1;;;;;;/h4-5,7-11,14-15,20,23H,6H2,1-3H3,(H2,22,24,25);4-6H,1-3H3;1-4H,7H2,(H2,8,9,10);1-4H,5H2;2*1H4;3*1H;/q;;;;;;;;;+3/p-3. The van der Waals surface area contributed by atoms with Crippen molar-refractivity contribution >= 4 is 81.3 Å². The molecule has 0 spiro atoms. The number of sulfonamides is 2. The number of benzene rings is 4. The van der Waals surface area contributed by atoms with E-state index in [4.69, 9.17) is 70.2 Å². The molecule has 1 heterocycles. The summed E-state index contributed by atoms with van der Waals surface area (Å²) in [5.41, 5.74) is 9.18. The summed E-state index contributed by atoms with van der Waals surface area (Å²) in [5, 5.41) is 13.7. The molecule has 7 N–H and O–H groups in total. The Hall–Kier alpha value is -4.27. The Morgan fingerprint density at radius 1 is 0.662 bits per heavy atom. The van der Waals surface area contributed by atoms with E-state index in [1.807, 2.05) is 12.1 Å². The van der Waals surface area contributed by atoms with Crippen LogP contribution in [0.4, 0.5) is 11.4 Å². The van der Waals surface area contributed by atoms with Gasteiger partial charge in [-0.2, -0.15) is 0 Å². The molecule has 0 amide bonds. The van der Waals surface area contributed by atoms with Crippen LogP contribution < -0.4 is 49.7 Å². The van der Waals surface area contributed by atoms with Crippen LogP contribution in [0.25, 0.3) is 0 Å². The monoisotopic (exact) mass is 1100 g/mol. The predicted octanol–water partition coefficient (Wildman–Crippen LogP) is 9.09. The van der Waals surface area contributed by atoms with Gasteiger partial charge in [-0.05, 0) is 96.6 Å². The molecule has 0 radical (unpaired) electrons. The summed E-state index contributed by atoms with van der Waals surface area (Å²) in [6, 6.07) is 17.8. The van der Waals surface area contributed by atoms with E-state index >= 15 is 0 Å². The third kappa shape index (κ3) is 17.2. The van der Waals surface area contributed by atoms with Gasteiger partial charge in [0.15, 0.2) is 23.0 Å². The molecule has 3 unspecified atom stereocenters. The fourth-order valence-corrected chi connectivity index (χ4v) is 7.64. The second-order valence-electron chi connectivity index (χ2n) is 13.3. The van der Waals surface area contributed by atoms with Crippen LogP contribution in [0.5, 0.6) is 34.5 Å². The van der Waals surface area contributed by atoms with E-state index in [0.29, 0.717) is 45.7 Å². The Bertz CT molecular complexity index is 2410. The van der Waals surface area contributed by atoms with Crippen LogP contribution in [-0.2, 0) is 20.0 Å². The van der Waals surface area contributed by atoms with E-state index in [-0.39, 0.29) is 42.5 Å². The molecule has 3 aliphatic rings. The number of anilines is 2. The molecule has 2 aliphatic carbocycles. The Labute approximate surface area is 402 Å². The molecule has 0 saturated heterocycles. The van der Waals surface area contributed by atoms with Crippen molar-refractivity contribution < 1.29 is 50.1 Å². The SMILES string of the molecule is C.C.C1=CCC=C1.COc1cc(C2Nc3ccc(S(N)(=O)=O)cc3C3C=CCC32)cc(OC)c1OC.COc1cc(C=O)cc(OC)c1OC.Nc1ccc(S(N)(=O)=O)cc1.[Cl][In]([Cl])[Cl]. The topological polar surface area (TPSA) is 231 Å². The molecule has 4 aromatic rings. The van der Waals surface area contributed by atoms with Gasteiger partial charge in [0.25, 0.3) is 0 Å². The van der Waals surface area contributed by atoms with E-state index < -0.39 is 37.9 Å². The Kier molecular flexibility index (Phi) is 25.3. The Balaban J connectivity index is 0.000000487. The van der Waals surface area contributed by atoms with Crippen LogP contribution in [-0.4, -0.2) is 83.7 Å². The molecule has 21 heteroatoms. The fourth-order valence-electron chi connectivity index (χ4n) is 6.58. The molecule has 356 valence electrons. The third-order valence-corrected chi connectivity index (χ3v) is 11.2. The minimum atomic E-state index is -3.76. The van der Waals surface area contributed by atoms with Crippen LogP contribution in [0.3, 0.4) is 0 Å². The van der Waals surface area contributed by atoms with E-state index in [0.717, 1.165) is 35.9 Å². The van der Waals surface area contributed by atoms with Gasteiger partial charge in [0.1, 0.15) is 6.29 Å². The van der Waals surface area contributed by atoms with Crippen LogP contribution in [0.1, 0.15) is 61.1 Å². The first-order valence-electron chi connectivity index (χ1n) is 18.6.